The second-order valence-electron chi connectivity index (χ2n) is 4.51. The van der Waals surface area contributed by atoms with Gasteiger partial charge in [0.05, 0.1) is 17.9 Å². The molecular weight excluding hydrogens is 336 g/mol. The van der Waals surface area contributed by atoms with Crippen LogP contribution in [0.2, 0.25) is 0 Å². The lowest BCUT2D eigenvalue weighted by Crippen LogP contribution is -2.31. The van der Waals surface area contributed by atoms with Crippen LogP contribution < -0.4 is 10.6 Å². The van der Waals surface area contributed by atoms with E-state index in [1.54, 1.807) is 12.1 Å². The smallest absolute Gasteiger partial charge is 0.348 e. The summed E-state index contributed by atoms with van der Waals surface area (Å²) in [5.74, 6) is -1.30. The van der Waals surface area contributed by atoms with E-state index < -0.39 is 17.8 Å². The number of esters is 1. The monoisotopic (exact) mass is 352 g/mol. The van der Waals surface area contributed by atoms with Gasteiger partial charge in [0.1, 0.15) is 4.88 Å². The highest BCUT2D eigenvalue weighted by Gasteiger charge is 2.15. The maximum atomic E-state index is 11.9. The maximum Gasteiger partial charge on any atom is 0.348 e. The van der Waals surface area contributed by atoms with E-state index in [4.69, 9.17) is 13.9 Å². The molecule has 0 radical (unpaired) electrons. The van der Waals surface area contributed by atoms with Crippen LogP contribution in [0.1, 0.15) is 20.2 Å². The second-order valence-corrected chi connectivity index (χ2v) is 5.60. The van der Waals surface area contributed by atoms with Crippen molar-refractivity contribution in [2.45, 2.75) is 0 Å². The third-order valence-electron chi connectivity index (χ3n) is 2.75. The van der Waals surface area contributed by atoms with Crippen molar-refractivity contribution in [3.05, 3.63) is 41.2 Å². The standard InChI is InChI=1S/C15H16N2O6S/c1-21-8-6-16-12(18)9-23-15(20)11-4-5-13(24-11)17-14(19)10-3-2-7-22-10/h2-5,7H,6,8-9H2,1H3,(H,16,18)(H,17,19). The van der Waals surface area contributed by atoms with Gasteiger partial charge in [-0.1, -0.05) is 0 Å². The molecule has 0 aliphatic heterocycles. The van der Waals surface area contributed by atoms with Crippen molar-refractivity contribution < 1.29 is 28.3 Å². The molecule has 0 aliphatic rings. The minimum Gasteiger partial charge on any atom is -0.459 e. The third-order valence-corrected chi connectivity index (χ3v) is 3.73. The fourth-order valence-corrected chi connectivity index (χ4v) is 2.44. The number of hydrogen-bond acceptors (Lipinski definition) is 7. The average Bonchev–Trinajstić information content (AvgIpc) is 3.24. The van der Waals surface area contributed by atoms with Crippen LogP contribution in [0.5, 0.6) is 0 Å². The molecule has 0 unspecified atom stereocenters. The van der Waals surface area contributed by atoms with Gasteiger partial charge in [-0.05, 0) is 24.3 Å². The summed E-state index contributed by atoms with van der Waals surface area (Å²) in [6, 6.07) is 6.21. The van der Waals surface area contributed by atoms with Gasteiger partial charge in [0.15, 0.2) is 12.4 Å². The zero-order valence-corrected chi connectivity index (χ0v) is 13.7. The molecule has 0 atom stereocenters. The molecule has 2 heterocycles. The number of rotatable bonds is 8. The summed E-state index contributed by atoms with van der Waals surface area (Å²) < 4.78 is 14.7. The van der Waals surface area contributed by atoms with E-state index in [-0.39, 0.29) is 17.2 Å². The van der Waals surface area contributed by atoms with Crippen LogP contribution in [0.4, 0.5) is 5.00 Å². The Kier molecular flexibility index (Phi) is 6.52. The molecule has 0 spiro atoms. The van der Waals surface area contributed by atoms with Gasteiger partial charge in [-0.3, -0.25) is 9.59 Å². The molecule has 0 saturated carbocycles. The number of furan rings is 1. The van der Waals surface area contributed by atoms with Gasteiger partial charge in [-0.25, -0.2) is 4.79 Å². The van der Waals surface area contributed by atoms with Crippen molar-refractivity contribution in [2.75, 3.05) is 32.2 Å². The Labute approximate surface area is 141 Å². The molecule has 0 fully saturated rings. The van der Waals surface area contributed by atoms with E-state index in [9.17, 15) is 14.4 Å². The molecule has 9 heteroatoms. The van der Waals surface area contributed by atoms with Crippen molar-refractivity contribution in [3.63, 3.8) is 0 Å². The molecular formula is C15H16N2O6S. The molecule has 2 rings (SSSR count). The largest absolute Gasteiger partial charge is 0.459 e. The number of hydrogen-bond donors (Lipinski definition) is 2. The Morgan fingerprint density at radius 1 is 1.25 bits per heavy atom. The highest BCUT2D eigenvalue weighted by atomic mass is 32.1. The Bertz CT molecular complexity index is 695. The summed E-state index contributed by atoms with van der Waals surface area (Å²) in [4.78, 5) is 35.4. The van der Waals surface area contributed by atoms with Gasteiger partial charge in [0, 0.05) is 13.7 Å². The first-order valence-electron chi connectivity index (χ1n) is 6.97. The molecule has 0 saturated heterocycles. The molecule has 2 aromatic heterocycles. The first-order chi connectivity index (χ1) is 11.6. The predicted octanol–water partition coefficient (Wildman–Crippen LogP) is 1.51. The van der Waals surface area contributed by atoms with Crippen molar-refractivity contribution >= 4 is 34.1 Å². The summed E-state index contributed by atoms with van der Waals surface area (Å²) >= 11 is 1.04. The van der Waals surface area contributed by atoms with E-state index in [0.717, 1.165) is 11.3 Å². The van der Waals surface area contributed by atoms with Crippen molar-refractivity contribution in [1.29, 1.82) is 0 Å². The van der Waals surface area contributed by atoms with Gasteiger partial charge < -0.3 is 24.5 Å². The molecule has 0 aromatic carbocycles. The molecule has 8 nitrogen and oxygen atoms in total. The zero-order valence-electron chi connectivity index (χ0n) is 12.9. The van der Waals surface area contributed by atoms with Gasteiger partial charge in [0.2, 0.25) is 0 Å². The number of methoxy groups -OCH3 is 1. The number of carbonyl (C=O) groups excluding carboxylic acids is 3. The van der Waals surface area contributed by atoms with E-state index in [1.807, 2.05) is 0 Å². The van der Waals surface area contributed by atoms with E-state index in [2.05, 4.69) is 10.6 Å². The highest BCUT2D eigenvalue weighted by molar-refractivity contribution is 7.18. The number of thiophene rings is 1. The van der Waals surface area contributed by atoms with Gasteiger partial charge in [0.25, 0.3) is 11.8 Å². The Morgan fingerprint density at radius 3 is 2.79 bits per heavy atom. The zero-order chi connectivity index (χ0) is 17.4. The Balaban J connectivity index is 1.80. The molecule has 128 valence electrons. The van der Waals surface area contributed by atoms with Crippen molar-refractivity contribution in [1.82, 2.24) is 5.32 Å². The second kappa shape index (κ2) is 8.85. The first kappa shape index (κ1) is 17.7. The van der Waals surface area contributed by atoms with Crippen molar-refractivity contribution in [3.8, 4) is 0 Å². The maximum absolute atomic E-state index is 11.9. The van der Waals surface area contributed by atoms with Crippen LogP contribution in [0.25, 0.3) is 0 Å². The molecule has 24 heavy (non-hydrogen) atoms. The Hall–Kier alpha value is -2.65. The number of anilines is 1. The van der Waals surface area contributed by atoms with Crippen LogP contribution in [0.15, 0.2) is 34.9 Å². The van der Waals surface area contributed by atoms with Crippen LogP contribution in [0, 0.1) is 0 Å². The van der Waals surface area contributed by atoms with E-state index in [1.165, 1.54) is 25.5 Å². The Morgan fingerprint density at radius 2 is 2.08 bits per heavy atom. The van der Waals surface area contributed by atoms with Crippen LogP contribution in [-0.2, 0) is 14.3 Å². The summed E-state index contributed by atoms with van der Waals surface area (Å²) in [5.41, 5.74) is 0. The van der Waals surface area contributed by atoms with Gasteiger partial charge >= 0.3 is 5.97 Å². The lowest BCUT2D eigenvalue weighted by atomic mass is 10.4. The van der Waals surface area contributed by atoms with Gasteiger partial charge in [-0.2, -0.15) is 0 Å². The normalized spacial score (nSPS) is 10.2. The van der Waals surface area contributed by atoms with Crippen molar-refractivity contribution in [2.24, 2.45) is 0 Å². The minimum absolute atomic E-state index is 0.167. The average molecular weight is 352 g/mol. The van der Waals surface area contributed by atoms with Crippen LogP contribution >= 0.6 is 11.3 Å². The molecule has 0 aliphatic carbocycles. The lowest BCUT2D eigenvalue weighted by molar-refractivity contribution is -0.124. The summed E-state index contributed by atoms with van der Waals surface area (Å²) in [7, 11) is 1.52. The number of nitrogens with one attached hydrogen (secondary N) is 2. The third kappa shape index (κ3) is 5.21. The van der Waals surface area contributed by atoms with Gasteiger partial charge in [-0.15, -0.1) is 11.3 Å². The molecule has 2 amide bonds. The summed E-state index contributed by atoms with van der Waals surface area (Å²) in [6.07, 6.45) is 1.39. The predicted molar refractivity (Wildman–Crippen MR) is 86.1 cm³/mol. The van der Waals surface area contributed by atoms with E-state index >= 15 is 0 Å². The summed E-state index contributed by atoms with van der Waals surface area (Å²) in [6.45, 7) is 0.340. The molecule has 2 N–H and O–H groups in total. The molecule has 2 aromatic rings. The lowest BCUT2D eigenvalue weighted by Gasteiger charge is -2.05. The van der Waals surface area contributed by atoms with Crippen LogP contribution in [0.3, 0.4) is 0 Å². The van der Waals surface area contributed by atoms with E-state index in [0.29, 0.717) is 18.2 Å². The summed E-state index contributed by atoms with van der Waals surface area (Å²) in [5, 5.41) is 5.60. The fraction of sp³-hybridized carbons (Fsp3) is 0.267. The SMILES string of the molecule is COCCNC(=O)COC(=O)c1ccc(NC(=O)c2ccco2)s1. The highest BCUT2D eigenvalue weighted by Crippen LogP contribution is 2.23. The minimum atomic E-state index is -0.639. The fourth-order valence-electron chi connectivity index (χ4n) is 1.64. The quantitative estimate of drug-likeness (QED) is 0.551. The number of amides is 2. The number of carbonyl (C=O) groups is 3. The van der Waals surface area contributed by atoms with Crippen LogP contribution in [-0.4, -0.2) is 44.7 Å². The number of ether oxygens (including phenoxy) is 2. The molecule has 0 bridgehead atoms. The first-order valence-corrected chi connectivity index (χ1v) is 7.79. The topological polar surface area (TPSA) is 107 Å².